The van der Waals surface area contributed by atoms with Gasteiger partial charge in [0.25, 0.3) is 0 Å². The van der Waals surface area contributed by atoms with E-state index in [9.17, 15) is 4.79 Å². The van der Waals surface area contributed by atoms with Gasteiger partial charge in [-0.2, -0.15) is 0 Å². The van der Waals surface area contributed by atoms with Gasteiger partial charge in [0, 0.05) is 30.6 Å². The molecule has 3 atom stereocenters. The maximum atomic E-state index is 12.3. The first-order valence-corrected chi connectivity index (χ1v) is 8.82. The van der Waals surface area contributed by atoms with E-state index in [0.29, 0.717) is 12.1 Å². The average Bonchev–Trinajstić information content (AvgIpc) is 2.42. The number of likely N-dealkylation sites (tertiary alicyclic amines) is 1. The van der Waals surface area contributed by atoms with Crippen LogP contribution in [-0.2, 0) is 4.79 Å². The Morgan fingerprint density at radius 2 is 1.95 bits per heavy atom. The number of piperidine rings is 1. The second kappa shape index (κ2) is 8.17. The topological polar surface area (TPSA) is 32.3 Å². The molecule has 0 saturated carbocycles. The molecular formula is C18H36N2O. The van der Waals surface area contributed by atoms with E-state index in [1.807, 2.05) is 20.8 Å². The van der Waals surface area contributed by atoms with Crippen molar-refractivity contribution in [1.29, 1.82) is 0 Å². The van der Waals surface area contributed by atoms with Crippen molar-refractivity contribution in [2.24, 2.45) is 11.3 Å². The summed E-state index contributed by atoms with van der Waals surface area (Å²) < 4.78 is 0. The van der Waals surface area contributed by atoms with Gasteiger partial charge < -0.3 is 5.32 Å². The summed E-state index contributed by atoms with van der Waals surface area (Å²) in [5, 5.41) is 3.29. The van der Waals surface area contributed by atoms with Gasteiger partial charge in [0.05, 0.1) is 0 Å². The number of unbranched alkanes of at least 4 members (excludes halogenated alkanes) is 1. The molecule has 0 bridgehead atoms. The molecule has 0 aliphatic carbocycles. The molecule has 1 saturated heterocycles. The summed E-state index contributed by atoms with van der Waals surface area (Å²) in [6, 6.07) is 0.935. The molecule has 21 heavy (non-hydrogen) atoms. The fraction of sp³-hybridized carbons (Fsp3) is 0.944. The van der Waals surface area contributed by atoms with E-state index in [1.54, 1.807) is 0 Å². The SMILES string of the molecule is CCCCC1CC(NC(=O)C(C)(C)C)CN(C(C)CC)C1. The third-order valence-electron chi connectivity index (χ3n) is 4.76. The molecule has 3 heteroatoms. The highest BCUT2D eigenvalue weighted by molar-refractivity contribution is 5.81. The van der Waals surface area contributed by atoms with Crippen molar-refractivity contribution >= 4 is 5.91 Å². The zero-order valence-electron chi connectivity index (χ0n) is 15.0. The van der Waals surface area contributed by atoms with Crippen molar-refractivity contribution in [1.82, 2.24) is 10.2 Å². The number of rotatable bonds is 6. The van der Waals surface area contributed by atoms with Gasteiger partial charge in [-0.1, -0.05) is 47.5 Å². The minimum atomic E-state index is -0.294. The lowest BCUT2D eigenvalue weighted by Crippen LogP contribution is -2.54. The van der Waals surface area contributed by atoms with E-state index in [2.05, 4.69) is 31.0 Å². The second-order valence-corrected chi connectivity index (χ2v) is 7.88. The molecule has 1 aliphatic rings. The van der Waals surface area contributed by atoms with Crippen molar-refractivity contribution in [3.8, 4) is 0 Å². The van der Waals surface area contributed by atoms with Crippen LogP contribution in [0.3, 0.4) is 0 Å². The zero-order valence-corrected chi connectivity index (χ0v) is 15.0. The smallest absolute Gasteiger partial charge is 0.225 e. The first-order chi connectivity index (χ1) is 9.77. The Bertz CT molecular complexity index is 322. The molecule has 1 heterocycles. The third-order valence-corrected chi connectivity index (χ3v) is 4.76. The van der Waals surface area contributed by atoms with Crippen LogP contribution in [0.2, 0.25) is 0 Å². The summed E-state index contributed by atoms with van der Waals surface area (Å²) in [6.45, 7) is 15.0. The summed E-state index contributed by atoms with van der Waals surface area (Å²) in [6.07, 6.45) is 6.19. The summed E-state index contributed by atoms with van der Waals surface area (Å²) in [5.41, 5.74) is -0.294. The van der Waals surface area contributed by atoms with Crippen LogP contribution in [0.5, 0.6) is 0 Å². The van der Waals surface area contributed by atoms with Crippen LogP contribution in [0.15, 0.2) is 0 Å². The molecule has 0 aromatic heterocycles. The van der Waals surface area contributed by atoms with E-state index in [4.69, 9.17) is 0 Å². The van der Waals surface area contributed by atoms with Crippen molar-refractivity contribution in [3.05, 3.63) is 0 Å². The predicted octanol–water partition coefficient (Wildman–Crippen LogP) is 3.83. The molecule has 0 aromatic carbocycles. The minimum absolute atomic E-state index is 0.188. The van der Waals surface area contributed by atoms with Crippen molar-refractivity contribution in [2.75, 3.05) is 13.1 Å². The summed E-state index contributed by atoms with van der Waals surface area (Å²) in [5.74, 6) is 0.922. The highest BCUT2D eigenvalue weighted by Crippen LogP contribution is 2.25. The van der Waals surface area contributed by atoms with Gasteiger partial charge in [-0.3, -0.25) is 9.69 Å². The van der Waals surface area contributed by atoms with Gasteiger partial charge in [-0.05, 0) is 32.1 Å². The Labute approximate surface area is 131 Å². The standard InChI is InChI=1S/C18H36N2O/c1-7-9-10-15-11-16(19-17(21)18(4,5)6)13-20(12-15)14(3)8-2/h14-16H,7-13H2,1-6H3,(H,19,21). The van der Waals surface area contributed by atoms with Crippen molar-refractivity contribution < 1.29 is 4.79 Å². The number of hydrogen-bond acceptors (Lipinski definition) is 2. The molecular weight excluding hydrogens is 260 g/mol. The van der Waals surface area contributed by atoms with Crippen LogP contribution in [0, 0.1) is 11.3 Å². The van der Waals surface area contributed by atoms with Gasteiger partial charge >= 0.3 is 0 Å². The van der Waals surface area contributed by atoms with Crippen LogP contribution >= 0.6 is 0 Å². The normalized spacial score (nSPS) is 25.6. The Balaban J connectivity index is 2.66. The quantitative estimate of drug-likeness (QED) is 0.808. The second-order valence-electron chi connectivity index (χ2n) is 7.88. The van der Waals surface area contributed by atoms with Gasteiger partial charge in [0.1, 0.15) is 0 Å². The summed E-state index contributed by atoms with van der Waals surface area (Å²) >= 11 is 0. The Hall–Kier alpha value is -0.570. The van der Waals surface area contributed by atoms with Gasteiger partial charge in [0.2, 0.25) is 5.91 Å². The number of amides is 1. The molecule has 1 N–H and O–H groups in total. The fourth-order valence-electron chi connectivity index (χ4n) is 3.07. The monoisotopic (exact) mass is 296 g/mol. The van der Waals surface area contributed by atoms with Crippen LogP contribution in [0.25, 0.3) is 0 Å². The lowest BCUT2D eigenvalue weighted by molar-refractivity contribution is -0.129. The van der Waals surface area contributed by atoms with Crippen molar-refractivity contribution in [2.45, 2.75) is 85.7 Å². The van der Waals surface area contributed by atoms with E-state index in [0.717, 1.165) is 18.9 Å². The van der Waals surface area contributed by atoms with Crippen LogP contribution in [0.4, 0.5) is 0 Å². The third kappa shape index (κ3) is 5.98. The first kappa shape index (κ1) is 18.5. The first-order valence-electron chi connectivity index (χ1n) is 8.82. The Morgan fingerprint density at radius 3 is 2.48 bits per heavy atom. The van der Waals surface area contributed by atoms with Crippen LogP contribution in [0.1, 0.15) is 73.6 Å². The number of nitrogens with one attached hydrogen (secondary N) is 1. The Kier molecular flexibility index (Phi) is 7.19. The van der Waals surface area contributed by atoms with E-state index in [1.165, 1.54) is 32.2 Å². The molecule has 0 aromatic rings. The largest absolute Gasteiger partial charge is 0.352 e. The number of carbonyl (C=O) groups is 1. The summed E-state index contributed by atoms with van der Waals surface area (Å²) in [4.78, 5) is 14.9. The Morgan fingerprint density at radius 1 is 1.29 bits per heavy atom. The van der Waals surface area contributed by atoms with E-state index >= 15 is 0 Å². The van der Waals surface area contributed by atoms with Crippen LogP contribution < -0.4 is 5.32 Å². The molecule has 0 spiro atoms. The molecule has 0 radical (unpaired) electrons. The summed E-state index contributed by atoms with van der Waals surface area (Å²) in [7, 11) is 0. The molecule has 3 unspecified atom stereocenters. The fourth-order valence-corrected chi connectivity index (χ4v) is 3.07. The highest BCUT2D eigenvalue weighted by atomic mass is 16.2. The molecule has 3 nitrogen and oxygen atoms in total. The number of carbonyl (C=O) groups excluding carboxylic acids is 1. The molecule has 1 aliphatic heterocycles. The maximum absolute atomic E-state index is 12.3. The minimum Gasteiger partial charge on any atom is -0.352 e. The van der Waals surface area contributed by atoms with E-state index < -0.39 is 0 Å². The number of hydrogen-bond donors (Lipinski definition) is 1. The highest BCUT2D eigenvalue weighted by Gasteiger charge is 2.32. The molecule has 1 amide bonds. The van der Waals surface area contributed by atoms with Gasteiger partial charge in [-0.15, -0.1) is 0 Å². The van der Waals surface area contributed by atoms with E-state index in [-0.39, 0.29) is 11.3 Å². The zero-order chi connectivity index (χ0) is 16.0. The number of nitrogens with zero attached hydrogens (tertiary/aromatic N) is 1. The van der Waals surface area contributed by atoms with Gasteiger partial charge in [-0.25, -0.2) is 0 Å². The lowest BCUT2D eigenvalue weighted by atomic mass is 9.87. The maximum Gasteiger partial charge on any atom is 0.225 e. The van der Waals surface area contributed by atoms with Crippen LogP contribution in [-0.4, -0.2) is 36.0 Å². The molecule has 1 rings (SSSR count). The molecule has 124 valence electrons. The predicted molar refractivity (Wildman–Crippen MR) is 90.3 cm³/mol. The average molecular weight is 296 g/mol. The van der Waals surface area contributed by atoms with Gasteiger partial charge in [0.15, 0.2) is 0 Å². The van der Waals surface area contributed by atoms with Crippen molar-refractivity contribution in [3.63, 3.8) is 0 Å². The molecule has 1 fully saturated rings. The lowest BCUT2D eigenvalue weighted by Gasteiger charge is -2.41.